The highest BCUT2D eigenvalue weighted by Gasteiger charge is 2.31. The van der Waals surface area contributed by atoms with Crippen LogP contribution in [-0.2, 0) is 14.8 Å². The van der Waals surface area contributed by atoms with Crippen LogP contribution in [0.3, 0.4) is 0 Å². The first-order chi connectivity index (χ1) is 13.3. The number of aliphatic carboxylic acids is 1. The lowest BCUT2D eigenvalue weighted by Crippen LogP contribution is -2.50. The Balaban J connectivity index is 1.71. The van der Waals surface area contributed by atoms with E-state index >= 15 is 0 Å². The molecule has 1 saturated heterocycles. The molecule has 28 heavy (non-hydrogen) atoms. The second kappa shape index (κ2) is 8.48. The number of nitrogens with zero attached hydrogens (tertiary/aromatic N) is 2. The Morgan fingerprint density at radius 3 is 2.07 bits per heavy atom. The molecule has 1 aliphatic carbocycles. The number of carboxylic acid groups (broad SMARTS) is 2. The van der Waals surface area contributed by atoms with E-state index in [1.807, 2.05) is 0 Å². The Bertz CT molecular complexity index is 809. The largest absolute Gasteiger partial charge is 0.481 e. The molecule has 8 nitrogen and oxygen atoms in total. The zero-order valence-electron chi connectivity index (χ0n) is 15.7. The van der Waals surface area contributed by atoms with Crippen molar-refractivity contribution < 1.29 is 28.2 Å². The normalized spacial score (nSPS) is 20.2. The van der Waals surface area contributed by atoms with Crippen molar-refractivity contribution in [2.45, 2.75) is 42.9 Å². The summed E-state index contributed by atoms with van der Waals surface area (Å²) < 4.78 is 26.9. The fourth-order valence-electron chi connectivity index (χ4n) is 4.10. The molecule has 1 saturated carbocycles. The summed E-state index contributed by atoms with van der Waals surface area (Å²) in [6, 6.07) is 6.10. The van der Waals surface area contributed by atoms with E-state index < -0.39 is 28.0 Å². The smallest absolute Gasteiger partial charge is 0.407 e. The molecule has 1 atom stereocenters. The predicted octanol–water partition coefficient (Wildman–Crippen LogP) is 2.42. The highest BCUT2D eigenvalue weighted by Crippen LogP contribution is 2.34. The molecule has 1 amide bonds. The topological polar surface area (TPSA) is 115 Å². The molecule has 1 aromatic rings. The second-order valence-corrected chi connectivity index (χ2v) is 9.46. The Kier molecular flexibility index (Phi) is 6.24. The quantitative estimate of drug-likeness (QED) is 0.744. The summed E-state index contributed by atoms with van der Waals surface area (Å²) in [7, 11) is -3.73. The van der Waals surface area contributed by atoms with Crippen molar-refractivity contribution in [3.8, 4) is 0 Å². The van der Waals surface area contributed by atoms with Gasteiger partial charge in [-0.15, -0.1) is 0 Å². The van der Waals surface area contributed by atoms with Crippen LogP contribution in [0, 0.1) is 5.92 Å². The van der Waals surface area contributed by atoms with E-state index in [1.54, 1.807) is 12.1 Å². The van der Waals surface area contributed by atoms with E-state index in [2.05, 4.69) is 0 Å². The molecule has 0 radical (unpaired) electrons. The van der Waals surface area contributed by atoms with Crippen molar-refractivity contribution >= 4 is 22.1 Å². The van der Waals surface area contributed by atoms with Crippen molar-refractivity contribution in [3.05, 3.63) is 29.8 Å². The van der Waals surface area contributed by atoms with Crippen molar-refractivity contribution in [1.29, 1.82) is 0 Å². The molecule has 1 aromatic carbocycles. The zero-order valence-corrected chi connectivity index (χ0v) is 16.5. The van der Waals surface area contributed by atoms with Gasteiger partial charge in [0.25, 0.3) is 0 Å². The average Bonchev–Trinajstić information content (AvgIpc) is 3.19. The van der Waals surface area contributed by atoms with E-state index in [0.29, 0.717) is 17.9 Å². The van der Waals surface area contributed by atoms with Crippen LogP contribution in [0.4, 0.5) is 4.79 Å². The minimum Gasteiger partial charge on any atom is -0.481 e. The maximum absolute atomic E-state index is 12.8. The van der Waals surface area contributed by atoms with Gasteiger partial charge in [-0.25, -0.2) is 13.2 Å². The minimum absolute atomic E-state index is 0.102. The van der Waals surface area contributed by atoms with E-state index in [9.17, 15) is 23.1 Å². The first-order valence-electron chi connectivity index (χ1n) is 9.60. The summed E-state index contributed by atoms with van der Waals surface area (Å²) in [5.41, 5.74) is 0.619. The summed E-state index contributed by atoms with van der Waals surface area (Å²) in [6.45, 7) is 0.482. The van der Waals surface area contributed by atoms with Crippen LogP contribution in [0.2, 0.25) is 0 Å². The molecule has 0 aromatic heterocycles. The summed E-state index contributed by atoms with van der Waals surface area (Å²) in [5, 5.41) is 18.6. The number of benzene rings is 1. The molecule has 2 N–H and O–H groups in total. The minimum atomic E-state index is -3.73. The van der Waals surface area contributed by atoms with Gasteiger partial charge in [0.15, 0.2) is 0 Å². The van der Waals surface area contributed by atoms with Crippen molar-refractivity contribution in [2.24, 2.45) is 5.92 Å². The number of hydrogen-bond donors (Lipinski definition) is 2. The lowest BCUT2D eigenvalue weighted by Gasteiger charge is -2.32. The number of piperazine rings is 1. The fraction of sp³-hybridized carbons (Fsp3) is 0.579. The van der Waals surface area contributed by atoms with Gasteiger partial charge in [0.1, 0.15) is 0 Å². The van der Waals surface area contributed by atoms with Gasteiger partial charge in [-0.2, -0.15) is 4.31 Å². The van der Waals surface area contributed by atoms with Crippen molar-refractivity contribution in [2.75, 3.05) is 26.2 Å². The Labute approximate surface area is 164 Å². The number of sulfonamides is 1. The highest BCUT2D eigenvalue weighted by atomic mass is 32.2. The van der Waals surface area contributed by atoms with Gasteiger partial charge in [-0.3, -0.25) is 4.79 Å². The zero-order chi connectivity index (χ0) is 20.3. The van der Waals surface area contributed by atoms with Crippen LogP contribution in [0.25, 0.3) is 0 Å². The highest BCUT2D eigenvalue weighted by molar-refractivity contribution is 7.89. The first-order valence-corrected chi connectivity index (χ1v) is 11.0. The van der Waals surface area contributed by atoms with Crippen LogP contribution in [0.15, 0.2) is 29.2 Å². The summed E-state index contributed by atoms with van der Waals surface area (Å²) in [4.78, 5) is 24.0. The molecular weight excluding hydrogens is 384 g/mol. The Morgan fingerprint density at radius 2 is 1.57 bits per heavy atom. The van der Waals surface area contributed by atoms with Gasteiger partial charge in [-0.1, -0.05) is 37.8 Å². The van der Waals surface area contributed by atoms with E-state index in [1.165, 1.54) is 21.3 Å². The maximum Gasteiger partial charge on any atom is 0.407 e. The van der Waals surface area contributed by atoms with Crippen LogP contribution in [0.1, 0.15) is 43.6 Å². The van der Waals surface area contributed by atoms with Gasteiger partial charge in [0.2, 0.25) is 10.0 Å². The SMILES string of the molecule is O=C(O)C(CC1CCCC1)c1ccc(S(=O)(=O)N2CCN(C(=O)O)CC2)cc1. The molecule has 0 spiro atoms. The predicted molar refractivity (Wildman–Crippen MR) is 102 cm³/mol. The lowest BCUT2D eigenvalue weighted by atomic mass is 9.88. The monoisotopic (exact) mass is 410 g/mol. The lowest BCUT2D eigenvalue weighted by molar-refractivity contribution is -0.139. The Morgan fingerprint density at radius 1 is 1.00 bits per heavy atom. The molecule has 9 heteroatoms. The van der Waals surface area contributed by atoms with E-state index in [4.69, 9.17) is 5.11 Å². The van der Waals surface area contributed by atoms with Gasteiger partial charge < -0.3 is 15.1 Å². The average molecular weight is 410 g/mol. The van der Waals surface area contributed by atoms with Crippen LogP contribution in [-0.4, -0.2) is 66.1 Å². The van der Waals surface area contributed by atoms with Crippen LogP contribution in [0.5, 0.6) is 0 Å². The first kappa shape index (κ1) is 20.6. The number of hydrogen-bond acceptors (Lipinski definition) is 4. The standard InChI is InChI=1S/C19H26N2O6S/c22-18(23)17(13-14-3-1-2-4-14)15-5-7-16(8-6-15)28(26,27)21-11-9-20(10-12-21)19(24)25/h5-8,14,17H,1-4,9-13H2,(H,22,23)(H,24,25). The van der Waals surface area contributed by atoms with Gasteiger partial charge in [0, 0.05) is 26.2 Å². The van der Waals surface area contributed by atoms with Crippen molar-refractivity contribution in [3.63, 3.8) is 0 Å². The third-order valence-electron chi connectivity index (χ3n) is 5.77. The molecule has 1 unspecified atom stereocenters. The fourth-order valence-corrected chi connectivity index (χ4v) is 5.52. The Hall–Kier alpha value is -2.13. The van der Waals surface area contributed by atoms with Gasteiger partial charge in [-0.05, 0) is 30.0 Å². The summed E-state index contributed by atoms with van der Waals surface area (Å²) in [5.74, 6) is -1.10. The number of rotatable bonds is 6. The molecule has 2 aliphatic rings. The van der Waals surface area contributed by atoms with E-state index in [0.717, 1.165) is 25.7 Å². The molecule has 154 valence electrons. The maximum atomic E-state index is 12.8. The van der Waals surface area contributed by atoms with Crippen molar-refractivity contribution in [1.82, 2.24) is 9.21 Å². The molecule has 2 fully saturated rings. The van der Waals surface area contributed by atoms with E-state index in [-0.39, 0.29) is 31.1 Å². The second-order valence-electron chi connectivity index (χ2n) is 7.52. The number of amides is 1. The van der Waals surface area contributed by atoms with Crippen LogP contribution >= 0.6 is 0 Å². The van der Waals surface area contributed by atoms with Gasteiger partial charge >= 0.3 is 12.1 Å². The third-order valence-corrected chi connectivity index (χ3v) is 7.68. The number of carboxylic acids is 1. The summed E-state index contributed by atoms with van der Waals surface area (Å²) in [6.07, 6.45) is 3.92. The van der Waals surface area contributed by atoms with Crippen LogP contribution < -0.4 is 0 Å². The molecular formula is C19H26N2O6S. The molecule has 1 heterocycles. The molecule has 3 rings (SSSR count). The number of carbonyl (C=O) groups is 2. The van der Waals surface area contributed by atoms with Gasteiger partial charge in [0.05, 0.1) is 10.8 Å². The molecule has 0 bridgehead atoms. The molecule has 1 aliphatic heterocycles. The summed E-state index contributed by atoms with van der Waals surface area (Å²) >= 11 is 0. The third kappa shape index (κ3) is 4.47.